The first-order valence-electron chi connectivity index (χ1n) is 0.333. The van der Waals surface area contributed by atoms with Crippen LogP contribution in [0.1, 0.15) is 0 Å². The maximum Gasteiger partial charge on any atom is 0 e. The summed E-state index contributed by atoms with van der Waals surface area (Å²) < 4.78 is 17.0. The standard InChI is InChI=1S/Mo.2O.W. The minimum atomic E-state index is -2.03. The molecule has 2 nitrogen and oxygen atoms in total. The van der Waals surface area contributed by atoms with Crippen LogP contribution >= 0.6 is 0 Å². The normalized spacial score (nSPS) is 3.00. The Morgan fingerprint density at radius 1 is 1.25 bits per heavy atom. The fourth-order valence-corrected chi connectivity index (χ4v) is 0. The Morgan fingerprint density at radius 3 is 1.25 bits per heavy atom. The van der Waals surface area contributed by atoms with Crippen LogP contribution in [0.25, 0.3) is 0 Å². The minimum absolute atomic E-state index is 0. The molecule has 0 aliphatic heterocycles. The molecule has 0 aromatic heterocycles. The zero-order valence-electron chi connectivity index (χ0n) is 1.63. The van der Waals surface area contributed by atoms with E-state index in [0.717, 1.165) is 0 Å². The molecule has 0 aromatic carbocycles. The van der Waals surface area contributed by atoms with Gasteiger partial charge in [0.1, 0.15) is 0 Å². The first-order valence-corrected chi connectivity index (χ1v) is 1.97. The Balaban J connectivity index is 0. The summed E-state index contributed by atoms with van der Waals surface area (Å²) in [5.41, 5.74) is 0. The predicted octanol–water partition coefficient (Wildman–Crippen LogP) is -0.243. The van der Waals surface area contributed by atoms with Crippen LogP contribution in [0, 0.1) is 0 Å². The van der Waals surface area contributed by atoms with E-state index in [-0.39, 0.29) is 21.1 Å². The van der Waals surface area contributed by atoms with E-state index in [1.54, 1.807) is 0 Å². The van der Waals surface area contributed by atoms with Crippen LogP contribution in [-0.4, -0.2) is 0 Å². The van der Waals surface area contributed by atoms with Crippen molar-refractivity contribution in [3.8, 4) is 0 Å². The first-order chi connectivity index (χ1) is 1.41. The van der Waals surface area contributed by atoms with Crippen molar-refractivity contribution < 1.29 is 46.3 Å². The summed E-state index contributed by atoms with van der Waals surface area (Å²) in [5.74, 6) is 0. The Hall–Kier alpha value is 0.977. The Kier molecular flexibility index (Phi) is 20.0. The van der Waals surface area contributed by atoms with E-state index in [2.05, 4.69) is 0 Å². The van der Waals surface area contributed by atoms with E-state index >= 15 is 0 Å². The van der Waals surface area contributed by atoms with Gasteiger partial charge in [0.05, 0.1) is 0 Å². The predicted molar refractivity (Wildman–Crippen MR) is 1.37 cm³/mol. The zero-order valence-corrected chi connectivity index (χ0v) is 6.57. The molecule has 0 aromatic rings. The van der Waals surface area contributed by atoms with E-state index < -0.39 is 18.5 Å². The Bertz CT molecular complexity index is 27.0. The average Bonchev–Trinajstić information content (AvgIpc) is 0.918. The number of hydrogen-bond donors (Lipinski definition) is 0. The van der Waals surface area contributed by atoms with E-state index in [0.29, 0.717) is 0 Å². The second kappa shape index (κ2) is 9.02. The largest absolute Gasteiger partial charge is 0 e. The SMILES string of the molecule is [O]=[Mo]=[O].[W]. The van der Waals surface area contributed by atoms with Gasteiger partial charge < -0.3 is 0 Å². The first kappa shape index (κ1) is 8.88. The monoisotopic (exact) mass is 314 g/mol. The topological polar surface area (TPSA) is 34.1 Å². The summed E-state index contributed by atoms with van der Waals surface area (Å²) in [6.45, 7) is 0. The second-order valence-electron chi connectivity index (χ2n) is 0.0680. The molecule has 0 fully saturated rings. The van der Waals surface area contributed by atoms with Gasteiger partial charge in [-0.1, -0.05) is 0 Å². The number of hydrogen-bond acceptors (Lipinski definition) is 2. The van der Waals surface area contributed by atoms with Crippen molar-refractivity contribution in [1.29, 1.82) is 0 Å². The Morgan fingerprint density at radius 2 is 1.25 bits per heavy atom. The maximum absolute atomic E-state index is 8.50. The molecule has 0 spiro atoms. The van der Waals surface area contributed by atoms with Crippen LogP contribution in [0.4, 0.5) is 0 Å². The van der Waals surface area contributed by atoms with Gasteiger partial charge in [-0.25, -0.2) is 0 Å². The van der Waals surface area contributed by atoms with Crippen molar-refractivity contribution in [2.45, 2.75) is 0 Å². The molecule has 0 unspecified atom stereocenters. The van der Waals surface area contributed by atoms with Gasteiger partial charge >= 0.3 is 25.3 Å². The molecule has 24 valence electrons. The average molecular weight is 312 g/mol. The summed E-state index contributed by atoms with van der Waals surface area (Å²) in [4.78, 5) is 0. The van der Waals surface area contributed by atoms with Crippen LogP contribution in [0.5, 0.6) is 0 Å². The fourth-order valence-electron chi connectivity index (χ4n) is 0. The molecule has 0 N–H and O–H groups in total. The Labute approximate surface area is 46.4 Å². The van der Waals surface area contributed by atoms with Gasteiger partial charge in [0.2, 0.25) is 0 Å². The molecule has 4 heavy (non-hydrogen) atoms. The molecule has 4 heteroatoms. The quantitative estimate of drug-likeness (QED) is 0.579. The molecule has 0 aliphatic carbocycles. The third-order valence-electron chi connectivity index (χ3n) is 0. The molecule has 0 saturated carbocycles. The van der Waals surface area contributed by atoms with Crippen molar-refractivity contribution in [1.82, 2.24) is 0 Å². The van der Waals surface area contributed by atoms with Crippen molar-refractivity contribution in [2.24, 2.45) is 0 Å². The summed E-state index contributed by atoms with van der Waals surface area (Å²) >= 11 is -2.03. The third kappa shape index (κ3) is 12.2. The van der Waals surface area contributed by atoms with Gasteiger partial charge in [-0.3, -0.25) is 0 Å². The minimum Gasteiger partial charge on any atom is 0 e. The van der Waals surface area contributed by atoms with Crippen LogP contribution in [-0.2, 0) is 46.3 Å². The van der Waals surface area contributed by atoms with E-state index in [1.807, 2.05) is 0 Å². The molecular weight excluding hydrogens is 312 g/mol. The van der Waals surface area contributed by atoms with Crippen molar-refractivity contribution in [2.75, 3.05) is 0 Å². The molecule has 0 rings (SSSR count). The van der Waals surface area contributed by atoms with Crippen LogP contribution in [0.15, 0.2) is 0 Å². The molecule has 0 amide bonds. The molecular formula is MoO2W. The molecule has 0 bridgehead atoms. The van der Waals surface area contributed by atoms with Crippen LogP contribution < -0.4 is 0 Å². The molecule has 0 saturated heterocycles. The summed E-state index contributed by atoms with van der Waals surface area (Å²) in [7, 11) is 0. The van der Waals surface area contributed by atoms with Crippen molar-refractivity contribution in [3.05, 3.63) is 0 Å². The van der Waals surface area contributed by atoms with Crippen molar-refractivity contribution >= 4 is 0 Å². The van der Waals surface area contributed by atoms with Crippen molar-refractivity contribution in [3.63, 3.8) is 0 Å². The van der Waals surface area contributed by atoms with Gasteiger partial charge in [-0.2, -0.15) is 0 Å². The van der Waals surface area contributed by atoms with Gasteiger partial charge in [-0.15, -0.1) is 0 Å². The maximum atomic E-state index is 8.50. The second-order valence-corrected chi connectivity index (χ2v) is 0.403. The van der Waals surface area contributed by atoms with Gasteiger partial charge in [0.15, 0.2) is 0 Å². The van der Waals surface area contributed by atoms with Crippen LogP contribution in [0.2, 0.25) is 0 Å². The number of rotatable bonds is 0. The zero-order chi connectivity index (χ0) is 2.71. The molecule has 0 heterocycles. The molecule has 0 aliphatic rings. The summed E-state index contributed by atoms with van der Waals surface area (Å²) in [6, 6.07) is 0. The van der Waals surface area contributed by atoms with E-state index in [4.69, 9.17) is 6.80 Å². The van der Waals surface area contributed by atoms with Gasteiger partial charge in [-0.05, 0) is 0 Å². The van der Waals surface area contributed by atoms with E-state index in [1.165, 1.54) is 0 Å². The van der Waals surface area contributed by atoms with Gasteiger partial charge in [0, 0.05) is 21.1 Å². The third-order valence-corrected chi connectivity index (χ3v) is 0. The van der Waals surface area contributed by atoms with Gasteiger partial charge in [0.25, 0.3) is 0 Å². The summed E-state index contributed by atoms with van der Waals surface area (Å²) in [5, 5.41) is 0. The van der Waals surface area contributed by atoms with Crippen LogP contribution in [0.3, 0.4) is 0 Å². The molecule has 0 atom stereocenters. The van der Waals surface area contributed by atoms with E-state index in [9.17, 15) is 0 Å². The fraction of sp³-hybridized carbons (Fsp3) is 0. The summed E-state index contributed by atoms with van der Waals surface area (Å²) in [6.07, 6.45) is 0. The smallest absolute Gasteiger partial charge is 0 e. The molecule has 0 radical (unpaired) electrons.